The Bertz CT molecular complexity index is 638. The van der Waals surface area contributed by atoms with Gasteiger partial charge in [-0.15, -0.1) is 12.4 Å². The molecular weight excluding hydrogens is 317 g/mol. The molecule has 0 N–H and O–H groups in total. The molecule has 2 rings (SSSR count). The van der Waals surface area contributed by atoms with Crippen molar-refractivity contribution in [3.8, 4) is 0 Å². The molecule has 0 saturated carbocycles. The number of allylic oxidation sites excluding steroid dienone is 2. The monoisotopic (exact) mass is 339 g/mol. The van der Waals surface area contributed by atoms with Crippen LogP contribution in [0.15, 0.2) is 47.9 Å². The first-order valence-electron chi connectivity index (χ1n) is 7.13. The van der Waals surface area contributed by atoms with Crippen LogP contribution in [0.1, 0.15) is 30.7 Å². The number of aryl methyl sites for hydroxylation is 1. The Kier molecular flexibility index (Phi) is 7.05. The zero-order valence-electron chi connectivity index (χ0n) is 13.5. The van der Waals surface area contributed by atoms with E-state index in [-0.39, 0.29) is 12.4 Å². The smallest absolute Gasteiger partial charge is 0.115 e. The van der Waals surface area contributed by atoms with Gasteiger partial charge in [0.15, 0.2) is 0 Å². The van der Waals surface area contributed by atoms with Crippen molar-refractivity contribution in [2.45, 2.75) is 40.8 Å². The number of halogens is 2. The molecule has 0 aliphatic heterocycles. The van der Waals surface area contributed by atoms with E-state index in [4.69, 9.17) is 16.3 Å². The third kappa shape index (κ3) is 4.82. The van der Waals surface area contributed by atoms with Crippen LogP contribution in [0.5, 0.6) is 0 Å². The van der Waals surface area contributed by atoms with Gasteiger partial charge in [-0.05, 0) is 62.6 Å². The maximum Gasteiger partial charge on any atom is 0.115 e. The van der Waals surface area contributed by atoms with Crippen LogP contribution in [0.2, 0.25) is 5.02 Å². The molecule has 2 nitrogen and oxygen atoms in total. The minimum absolute atomic E-state index is 0. The molecule has 0 bridgehead atoms. The summed E-state index contributed by atoms with van der Waals surface area (Å²) in [4.78, 5) is 0. The highest BCUT2D eigenvalue weighted by atomic mass is 35.5. The molecule has 1 aromatic heterocycles. The van der Waals surface area contributed by atoms with E-state index < -0.39 is 0 Å². The first-order valence-corrected chi connectivity index (χ1v) is 7.51. The standard InChI is InChI=1S/C18H22ClNO.ClH/c1-13(2)18(11-20-10-9-14(3)15(20)4)21-12-16-5-7-17(19)8-6-16;/h5-10H,11-12H2,1-4H3;1H. The van der Waals surface area contributed by atoms with E-state index in [2.05, 4.69) is 44.5 Å². The summed E-state index contributed by atoms with van der Waals surface area (Å²) in [5, 5.41) is 0.750. The molecule has 120 valence electrons. The molecule has 1 aromatic carbocycles. The summed E-state index contributed by atoms with van der Waals surface area (Å²) < 4.78 is 8.24. The Balaban J connectivity index is 0.00000242. The molecule has 4 heteroatoms. The van der Waals surface area contributed by atoms with Gasteiger partial charge in [0.1, 0.15) is 12.4 Å². The number of nitrogens with zero attached hydrogens (tertiary/aromatic N) is 1. The van der Waals surface area contributed by atoms with Gasteiger partial charge in [0.2, 0.25) is 0 Å². The van der Waals surface area contributed by atoms with Crippen LogP contribution in [0, 0.1) is 13.8 Å². The summed E-state index contributed by atoms with van der Waals surface area (Å²) in [5.74, 6) is 1.02. The molecule has 0 spiro atoms. The number of hydrogen-bond acceptors (Lipinski definition) is 1. The highest BCUT2D eigenvalue weighted by Crippen LogP contribution is 2.17. The molecule has 0 radical (unpaired) electrons. The number of rotatable bonds is 5. The van der Waals surface area contributed by atoms with Crippen molar-refractivity contribution in [3.05, 3.63) is 69.7 Å². The average Bonchev–Trinajstić information content (AvgIpc) is 2.76. The van der Waals surface area contributed by atoms with Crippen molar-refractivity contribution in [2.75, 3.05) is 0 Å². The molecule has 0 atom stereocenters. The minimum atomic E-state index is 0. The number of hydrogen-bond donors (Lipinski definition) is 0. The molecule has 0 amide bonds. The van der Waals surface area contributed by atoms with Gasteiger partial charge in [0, 0.05) is 16.9 Å². The van der Waals surface area contributed by atoms with E-state index in [1.54, 1.807) is 0 Å². The maximum atomic E-state index is 6.01. The lowest BCUT2D eigenvalue weighted by Crippen LogP contribution is -2.07. The van der Waals surface area contributed by atoms with Crippen molar-refractivity contribution < 1.29 is 4.74 Å². The number of benzene rings is 1. The van der Waals surface area contributed by atoms with Gasteiger partial charge < -0.3 is 9.30 Å². The van der Waals surface area contributed by atoms with Crippen LogP contribution < -0.4 is 0 Å². The van der Waals surface area contributed by atoms with Crippen LogP contribution in [0.4, 0.5) is 0 Å². The number of ether oxygens (including phenoxy) is 1. The first-order chi connectivity index (χ1) is 9.97. The molecule has 0 saturated heterocycles. The van der Waals surface area contributed by atoms with E-state index in [1.165, 1.54) is 16.8 Å². The molecule has 1 heterocycles. The Hall–Kier alpha value is -1.38. The zero-order valence-corrected chi connectivity index (χ0v) is 15.1. The molecule has 0 aliphatic carbocycles. The average molecular weight is 340 g/mol. The van der Waals surface area contributed by atoms with Gasteiger partial charge in [-0.1, -0.05) is 23.7 Å². The topological polar surface area (TPSA) is 14.2 Å². The lowest BCUT2D eigenvalue weighted by molar-refractivity contribution is 0.180. The molecule has 22 heavy (non-hydrogen) atoms. The van der Waals surface area contributed by atoms with Crippen molar-refractivity contribution in [2.24, 2.45) is 0 Å². The fourth-order valence-electron chi connectivity index (χ4n) is 2.09. The van der Waals surface area contributed by atoms with E-state index in [0.29, 0.717) is 6.61 Å². The van der Waals surface area contributed by atoms with Crippen LogP contribution in [0.25, 0.3) is 0 Å². The van der Waals surface area contributed by atoms with Gasteiger partial charge in [-0.3, -0.25) is 0 Å². The molecule has 0 unspecified atom stereocenters. The Morgan fingerprint density at radius 1 is 1.09 bits per heavy atom. The van der Waals surface area contributed by atoms with Crippen LogP contribution in [-0.4, -0.2) is 4.57 Å². The summed E-state index contributed by atoms with van der Waals surface area (Å²) in [6.45, 7) is 9.78. The lowest BCUT2D eigenvalue weighted by Gasteiger charge is -2.15. The maximum absolute atomic E-state index is 6.01. The normalized spacial score (nSPS) is 10.0. The Labute approximate surface area is 144 Å². The van der Waals surface area contributed by atoms with Gasteiger partial charge in [0.25, 0.3) is 0 Å². The van der Waals surface area contributed by atoms with Crippen molar-refractivity contribution in [1.82, 2.24) is 4.57 Å². The highest BCUT2D eigenvalue weighted by molar-refractivity contribution is 6.30. The van der Waals surface area contributed by atoms with E-state index in [0.717, 1.165) is 22.9 Å². The SMILES string of the molecule is CC(C)=C(Cn1ccc(C)c1C)OCc1ccc(Cl)cc1.Cl. The van der Waals surface area contributed by atoms with Gasteiger partial charge in [-0.2, -0.15) is 0 Å². The second kappa shape index (κ2) is 8.30. The Morgan fingerprint density at radius 2 is 1.73 bits per heavy atom. The van der Waals surface area contributed by atoms with Crippen molar-refractivity contribution in [1.29, 1.82) is 0 Å². The van der Waals surface area contributed by atoms with Gasteiger partial charge in [0.05, 0.1) is 6.54 Å². The molecule has 0 fully saturated rings. The summed E-state index contributed by atoms with van der Waals surface area (Å²) >= 11 is 5.90. The lowest BCUT2D eigenvalue weighted by atomic mass is 10.2. The van der Waals surface area contributed by atoms with Crippen LogP contribution in [0.3, 0.4) is 0 Å². The minimum Gasteiger partial charge on any atom is -0.491 e. The second-order valence-electron chi connectivity index (χ2n) is 5.55. The van der Waals surface area contributed by atoms with E-state index >= 15 is 0 Å². The fraction of sp³-hybridized carbons (Fsp3) is 0.333. The number of aromatic nitrogens is 1. The summed E-state index contributed by atoms with van der Waals surface area (Å²) in [7, 11) is 0. The Morgan fingerprint density at radius 3 is 2.23 bits per heavy atom. The molecular formula is C18H23Cl2NO. The van der Waals surface area contributed by atoms with Gasteiger partial charge in [-0.25, -0.2) is 0 Å². The summed E-state index contributed by atoms with van der Waals surface area (Å²) in [6.07, 6.45) is 2.11. The molecule has 0 aliphatic rings. The third-order valence-corrected chi connectivity index (χ3v) is 3.96. The van der Waals surface area contributed by atoms with Crippen LogP contribution >= 0.6 is 24.0 Å². The first kappa shape index (κ1) is 18.7. The summed E-state index contributed by atoms with van der Waals surface area (Å²) in [5.41, 5.74) is 4.91. The quantitative estimate of drug-likeness (QED) is 0.638. The van der Waals surface area contributed by atoms with E-state index in [1.807, 2.05) is 24.3 Å². The third-order valence-electron chi connectivity index (χ3n) is 3.70. The van der Waals surface area contributed by atoms with Crippen LogP contribution in [-0.2, 0) is 17.9 Å². The largest absolute Gasteiger partial charge is 0.491 e. The van der Waals surface area contributed by atoms with E-state index in [9.17, 15) is 0 Å². The fourth-order valence-corrected chi connectivity index (χ4v) is 2.21. The van der Waals surface area contributed by atoms with Crippen molar-refractivity contribution >= 4 is 24.0 Å². The predicted molar refractivity (Wildman–Crippen MR) is 95.8 cm³/mol. The molecule has 2 aromatic rings. The zero-order chi connectivity index (χ0) is 15.4. The highest BCUT2D eigenvalue weighted by Gasteiger charge is 2.07. The second-order valence-corrected chi connectivity index (χ2v) is 5.99. The van der Waals surface area contributed by atoms with Crippen molar-refractivity contribution in [3.63, 3.8) is 0 Å². The summed E-state index contributed by atoms with van der Waals surface area (Å²) in [6, 6.07) is 9.91. The van der Waals surface area contributed by atoms with Gasteiger partial charge >= 0.3 is 0 Å². The predicted octanol–water partition coefficient (Wildman–Crippen LogP) is 5.69.